The van der Waals surface area contributed by atoms with Crippen LogP contribution in [0.3, 0.4) is 0 Å². The predicted octanol–water partition coefficient (Wildman–Crippen LogP) is 3.17. The molecule has 0 aromatic heterocycles. The highest BCUT2D eigenvalue weighted by molar-refractivity contribution is 5.65. The average Bonchev–Trinajstić information content (AvgIpc) is 2.61. The number of piperidine rings is 1. The largest absolute Gasteiger partial charge is 0.465 e. The zero-order chi connectivity index (χ0) is 17.8. The first-order chi connectivity index (χ1) is 12.0. The molecule has 1 amide bonds. The molecule has 2 fully saturated rings. The maximum Gasteiger partial charge on any atom is 0.407 e. The van der Waals surface area contributed by atoms with Gasteiger partial charge in [0.05, 0.1) is 0 Å². The summed E-state index contributed by atoms with van der Waals surface area (Å²) in [5.74, 6) is 0. The first-order valence-electron chi connectivity index (χ1n) is 9.56. The van der Waals surface area contributed by atoms with Crippen molar-refractivity contribution in [1.29, 1.82) is 0 Å². The molecule has 5 nitrogen and oxygen atoms in total. The van der Waals surface area contributed by atoms with Crippen LogP contribution in [0.1, 0.15) is 42.9 Å². The van der Waals surface area contributed by atoms with Crippen LogP contribution in [-0.4, -0.2) is 64.7 Å². The highest BCUT2D eigenvalue weighted by atomic mass is 16.4. The molecule has 0 aliphatic carbocycles. The lowest BCUT2D eigenvalue weighted by atomic mass is 9.98. The maximum atomic E-state index is 11.0. The summed E-state index contributed by atoms with van der Waals surface area (Å²) < 4.78 is 0. The smallest absolute Gasteiger partial charge is 0.407 e. The van der Waals surface area contributed by atoms with E-state index in [-0.39, 0.29) is 0 Å². The number of nitrogens with zero attached hydrogens (tertiary/aromatic N) is 3. The maximum absolute atomic E-state index is 11.0. The molecule has 1 atom stereocenters. The van der Waals surface area contributed by atoms with Gasteiger partial charge in [-0.1, -0.05) is 24.6 Å². The number of carbonyl (C=O) groups is 1. The molecular weight excluding hydrogens is 314 g/mol. The van der Waals surface area contributed by atoms with Gasteiger partial charge in [0.25, 0.3) is 0 Å². The minimum Gasteiger partial charge on any atom is -0.465 e. The van der Waals surface area contributed by atoms with E-state index in [9.17, 15) is 4.79 Å². The molecule has 0 radical (unpaired) electrons. The molecule has 2 saturated heterocycles. The van der Waals surface area contributed by atoms with Gasteiger partial charge in [-0.3, -0.25) is 9.80 Å². The monoisotopic (exact) mass is 345 g/mol. The van der Waals surface area contributed by atoms with Gasteiger partial charge in [-0.2, -0.15) is 0 Å². The molecular formula is C20H31N3O2. The summed E-state index contributed by atoms with van der Waals surface area (Å²) in [6.07, 6.45) is 3.19. The van der Waals surface area contributed by atoms with Crippen LogP contribution in [0, 0.1) is 6.92 Å². The lowest BCUT2D eigenvalue weighted by molar-refractivity contribution is 0.103. The molecule has 1 N–H and O–H groups in total. The summed E-state index contributed by atoms with van der Waals surface area (Å²) >= 11 is 0. The van der Waals surface area contributed by atoms with Gasteiger partial charge in [0, 0.05) is 45.3 Å². The number of hydrogen-bond donors (Lipinski definition) is 1. The van der Waals surface area contributed by atoms with Crippen LogP contribution in [0.2, 0.25) is 0 Å². The Kier molecular flexibility index (Phi) is 5.97. The lowest BCUT2D eigenvalue weighted by Gasteiger charge is -2.35. The topological polar surface area (TPSA) is 47.0 Å². The van der Waals surface area contributed by atoms with Gasteiger partial charge in [0.15, 0.2) is 0 Å². The van der Waals surface area contributed by atoms with Crippen LogP contribution in [0.15, 0.2) is 18.2 Å². The molecule has 2 heterocycles. The Hall–Kier alpha value is -1.59. The molecule has 0 saturated carbocycles. The second-order valence-corrected chi connectivity index (χ2v) is 7.56. The molecule has 0 spiro atoms. The van der Waals surface area contributed by atoms with Crippen molar-refractivity contribution >= 4 is 6.09 Å². The number of benzene rings is 1. The minimum atomic E-state index is -0.798. The van der Waals surface area contributed by atoms with E-state index >= 15 is 0 Å². The van der Waals surface area contributed by atoms with Crippen molar-refractivity contribution in [3.05, 3.63) is 34.9 Å². The zero-order valence-corrected chi connectivity index (χ0v) is 15.6. The standard InChI is InChI=1S/C20H31N3O2/c1-16-6-3-4-9-23(16)15-19-8-5-7-18(17(19)2)14-21-10-12-22(13-11-21)20(24)25/h5,7-8,16H,3-4,6,9-15H2,1-2H3,(H,24,25)/t16-/m1/s1. The molecule has 2 aliphatic rings. The Morgan fingerprint density at radius 1 is 1.08 bits per heavy atom. The first kappa shape index (κ1) is 18.2. The molecule has 25 heavy (non-hydrogen) atoms. The van der Waals surface area contributed by atoms with Gasteiger partial charge < -0.3 is 10.0 Å². The summed E-state index contributed by atoms with van der Waals surface area (Å²) in [7, 11) is 0. The second-order valence-electron chi connectivity index (χ2n) is 7.56. The van der Waals surface area contributed by atoms with E-state index < -0.39 is 6.09 Å². The summed E-state index contributed by atoms with van der Waals surface area (Å²) in [4.78, 5) is 17.5. The summed E-state index contributed by atoms with van der Waals surface area (Å²) in [5.41, 5.74) is 4.22. The quantitative estimate of drug-likeness (QED) is 0.910. The van der Waals surface area contributed by atoms with Crippen LogP contribution in [0.5, 0.6) is 0 Å². The van der Waals surface area contributed by atoms with E-state index in [4.69, 9.17) is 5.11 Å². The van der Waals surface area contributed by atoms with Crippen LogP contribution in [0.25, 0.3) is 0 Å². The number of piperazine rings is 1. The Morgan fingerprint density at radius 3 is 2.40 bits per heavy atom. The van der Waals surface area contributed by atoms with Crippen LogP contribution in [-0.2, 0) is 13.1 Å². The third kappa shape index (κ3) is 4.53. The fourth-order valence-electron chi connectivity index (χ4n) is 4.03. The van der Waals surface area contributed by atoms with Gasteiger partial charge in [-0.05, 0) is 49.9 Å². The van der Waals surface area contributed by atoms with Crippen molar-refractivity contribution in [2.75, 3.05) is 32.7 Å². The van der Waals surface area contributed by atoms with E-state index in [1.165, 1.54) is 47.4 Å². The Labute approximate surface area is 151 Å². The Morgan fingerprint density at radius 2 is 1.76 bits per heavy atom. The predicted molar refractivity (Wildman–Crippen MR) is 99.8 cm³/mol. The highest BCUT2D eigenvalue weighted by Crippen LogP contribution is 2.23. The van der Waals surface area contributed by atoms with Crippen molar-refractivity contribution in [3.63, 3.8) is 0 Å². The molecule has 1 aromatic carbocycles. The van der Waals surface area contributed by atoms with E-state index in [0.29, 0.717) is 19.1 Å². The van der Waals surface area contributed by atoms with E-state index in [0.717, 1.165) is 26.2 Å². The van der Waals surface area contributed by atoms with E-state index in [2.05, 4.69) is 41.8 Å². The first-order valence-corrected chi connectivity index (χ1v) is 9.56. The third-order valence-electron chi connectivity index (χ3n) is 5.91. The molecule has 2 aliphatic heterocycles. The van der Waals surface area contributed by atoms with Gasteiger partial charge in [0.1, 0.15) is 0 Å². The van der Waals surface area contributed by atoms with Crippen molar-refractivity contribution in [1.82, 2.24) is 14.7 Å². The number of amides is 1. The summed E-state index contributed by atoms with van der Waals surface area (Å²) in [6, 6.07) is 7.35. The highest BCUT2D eigenvalue weighted by Gasteiger charge is 2.22. The Balaban J connectivity index is 1.62. The van der Waals surface area contributed by atoms with Gasteiger partial charge in [0.2, 0.25) is 0 Å². The Bertz CT molecular complexity index is 597. The van der Waals surface area contributed by atoms with Crippen LogP contribution in [0.4, 0.5) is 4.79 Å². The molecule has 1 aromatic rings. The normalized spacial score (nSPS) is 23.0. The molecule has 0 bridgehead atoms. The fraction of sp³-hybridized carbons (Fsp3) is 0.650. The molecule has 3 rings (SSSR count). The van der Waals surface area contributed by atoms with Crippen molar-refractivity contribution < 1.29 is 9.90 Å². The average molecular weight is 345 g/mol. The van der Waals surface area contributed by atoms with Crippen molar-refractivity contribution in [3.8, 4) is 0 Å². The number of hydrogen-bond acceptors (Lipinski definition) is 3. The lowest BCUT2D eigenvalue weighted by Crippen LogP contribution is -2.47. The number of likely N-dealkylation sites (tertiary alicyclic amines) is 1. The van der Waals surface area contributed by atoms with Crippen LogP contribution < -0.4 is 0 Å². The van der Waals surface area contributed by atoms with Gasteiger partial charge in [-0.25, -0.2) is 4.79 Å². The molecule has 5 heteroatoms. The van der Waals surface area contributed by atoms with Crippen LogP contribution >= 0.6 is 0 Å². The second kappa shape index (κ2) is 8.19. The van der Waals surface area contributed by atoms with Crippen molar-refractivity contribution in [2.24, 2.45) is 0 Å². The summed E-state index contributed by atoms with van der Waals surface area (Å²) in [5, 5.41) is 9.07. The SMILES string of the molecule is Cc1c(CN2CCN(C(=O)O)CC2)cccc1CN1CCCC[C@H]1C. The van der Waals surface area contributed by atoms with Gasteiger partial charge >= 0.3 is 6.09 Å². The van der Waals surface area contributed by atoms with E-state index in [1.54, 1.807) is 0 Å². The zero-order valence-electron chi connectivity index (χ0n) is 15.6. The van der Waals surface area contributed by atoms with Crippen molar-refractivity contribution in [2.45, 2.75) is 52.2 Å². The third-order valence-corrected chi connectivity index (χ3v) is 5.91. The molecule has 0 unspecified atom stereocenters. The molecule has 138 valence electrons. The minimum absolute atomic E-state index is 0.610. The summed E-state index contributed by atoms with van der Waals surface area (Å²) in [6.45, 7) is 10.6. The van der Waals surface area contributed by atoms with E-state index in [1.807, 2.05) is 0 Å². The fourth-order valence-corrected chi connectivity index (χ4v) is 4.03. The number of carboxylic acid groups (broad SMARTS) is 1. The number of rotatable bonds is 4. The van der Waals surface area contributed by atoms with Gasteiger partial charge in [-0.15, -0.1) is 0 Å².